The molecule has 3 aromatic rings. The molecule has 0 unspecified atom stereocenters. The van der Waals surface area contributed by atoms with E-state index in [2.05, 4.69) is 9.97 Å². The molecule has 0 fully saturated rings. The van der Waals surface area contributed by atoms with E-state index in [0.717, 1.165) is 11.3 Å². The highest BCUT2D eigenvalue weighted by Gasteiger charge is 2.06. The second kappa shape index (κ2) is 4.70. The number of nitrogens with zero attached hydrogens (tertiary/aromatic N) is 1. The van der Waals surface area contributed by atoms with E-state index in [1.807, 2.05) is 24.3 Å². The molecule has 0 atom stereocenters. The van der Waals surface area contributed by atoms with E-state index >= 15 is 0 Å². The molecule has 5 nitrogen and oxygen atoms in total. The molecule has 0 saturated carbocycles. The van der Waals surface area contributed by atoms with Crippen LogP contribution in [0.5, 0.6) is 5.75 Å². The summed E-state index contributed by atoms with van der Waals surface area (Å²) in [6.07, 6.45) is 0. The summed E-state index contributed by atoms with van der Waals surface area (Å²) in [5.41, 5.74) is 7.46. The van der Waals surface area contributed by atoms with E-state index in [1.165, 1.54) is 0 Å². The number of H-pyrrole nitrogens is 1. The van der Waals surface area contributed by atoms with Gasteiger partial charge in [0.2, 0.25) is 0 Å². The Morgan fingerprint density at radius 3 is 2.60 bits per heavy atom. The van der Waals surface area contributed by atoms with Crippen molar-refractivity contribution in [3.8, 4) is 17.1 Å². The Balaban J connectivity index is 2.16. The van der Waals surface area contributed by atoms with Gasteiger partial charge < -0.3 is 15.5 Å². The normalized spacial score (nSPS) is 10.7. The molecular weight excluding hydrogens is 254 g/mol. The second-order valence-corrected chi connectivity index (χ2v) is 4.42. The molecule has 3 rings (SSSR count). The maximum Gasteiger partial charge on any atom is 0.259 e. The number of hydrogen-bond acceptors (Lipinski definition) is 4. The van der Waals surface area contributed by atoms with Gasteiger partial charge in [-0.15, -0.1) is 0 Å². The number of nitrogens with two attached hydrogens (primary N) is 1. The van der Waals surface area contributed by atoms with Crippen LogP contribution in [0, 0.1) is 0 Å². The van der Waals surface area contributed by atoms with Gasteiger partial charge in [-0.3, -0.25) is 4.79 Å². The maximum absolute atomic E-state index is 12.1. The van der Waals surface area contributed by atoms with Crippen LogP contribution in [-0.4, -0.2) is 17.1 Å². The van der Waals surface area contributed by atoms with Gasteiger partial charge in [0.1, 0.15) is 11.6 Å². The van der Waals surface area contributed by atoms with Crippen molar-refractivity contribution in [3.05, 3.63) is 52.8 Å². The first kappa shape index (κ1) is 12.2. The summed E-state index contributed by atoms with van der Waals surface area (Å²) in [6.45, 7) is 0. The van der Waals surface area contributed by atoms with Crippen molar-refractivity contribution in [1.82, 2.24) is 9.97 Å². The molecule has 0 aliphatic heterocycles. The van der Waals surface area contributed by atoms with Crippen LogP contribution in [0.2, 0.25) is 0 Å². The van der Waals surface area contributed by atoms with Gasteiger partial charge >= 0.3 is 0 Å². The number of aromatic nitrogens is 2. The summed E-state index contributed by atoms with van der Waals surface area (Å²) in [5.74, 6) is 1.28. The number of aromatic amines is 1. The van der Waals surface area contributed by atoms with Crippen molar-refractivity contribution in [2.24, 2.45) is 0 Å². The van der Waals surface area contributed by atoms with E-state index in [0.29, 0.717) is 22.4 Å². The van der Waals surface area contributed by atoms with Crippen molar-refractivity contribution in [2.45, 2.75) is 0 Å². The van der Waals surface area contributed by atoms with E-state index in [4.69, 9.17) is 10.5 Å². The molecule has 0 amide bonds. The van der Waals surface area contributed by atoms with Gasteiger partial charge in [-0.1, -0.05) is 0 Å². The molecule has 2 aromatic carbocycles. The molecule has 0 spiro atoms. The Morgan fingerprint density at radius 1 is 1.15 bits per heavy atom. The molecule has 0 radical (unpaired) electrons. The molecule has 100 valence electrons. The van der Waals surface area contributed by atoms with Crippen molar-refractivity contribution in [1.29, 1.82) is 0 Å². The van der Waals surface area contributed by atoms with Gasteiger partial charge in [-0.05, 0) is 42.5 Å². The van der Waals surface area contributed by atoms with Crippen molar-refractivity contribution < 1.29 is 4.74 Å². The fourth-order valence-electron chi connectivity index (χ4n) is 2.04. The molecule has 1 aromatic heterocycles. The number of nitrogen functional groups attached to an aromatic ring is 1. The number of rotatable bonds is 2. The minimum absolute atomic E-state index is 0.201. The van der Waals surface area contributed by atoms with Crippen LogP contribution in [-0.2, 0) is 0 Å². The second-order valence-electron chi connectivity index (χ2n) is 4.42. The Labute approximate surface area is 115 Å². The highest BCUT2D eigenvalue weighted by molar-refractivity contribution is 5.82. The number of methoxy groups -OCH3 is 1. The Morgan fingerprint density at radius 2 is 1.90 bits per heavy atom. The zero-order valence-corrected chi connectivity index (χ0v) is 10.9. The molecule has 0 bridgehead atoms. The molecule has 0 aliphatic rings. The summed E-state index contributed by atoms with van der Waals surface area (Å²) in [6, 6.07) is 12.4. The minimum atomic E-state index is -0.201. The first-order valence-electron chi connectivity index (χ1n) is 6.11. The average molecular weight is 267 g/mol. The molecule has 20 heavy (non-hydrogen) atoms. The minimum Gasteiger partial charge on any atom is -0.497 e. The molecular formula is C15H13N3O2. The summed E-state index contributed by atoms with van der Waals surface area (Å²) in [5, 5.41) is 0.488. The summed E-state index contributed by atoms with van der Waals surface area (Å²) in [4.78, 5) is 19.3. The smallest absolute Gasteiger partial charge is 0.259 e. The largest absolute Gasteiger partial charge is 0.497 e. The first-order chi connectivity index (χ1) is 9.67. The molecule has 0 aliphatic carbocycles. The Kier molecular flexibility index (Phi) is 2.87. The maximum atomic E-state index is 12.1. The highest BCUT2D eigenvalue weighted by atomic mass is 16.5. The number of hydrogen-bond donors (Lipinski definition) is 2. The summed E-state index contributed by atoms with van der Waals surface area (Å²) in [7, 11) is 1.61. The lowest BCUT2D eigenvalue weighted by molar-refractivity contribution is 0.415. The first-order valence-corrected chi connectivity index (χ1v) is 6.11. The van der Waals surface area contributed by atoms with Crippen LogP contribution in [0.15, 0.2) is 47.3 Å². The SMILES string of the molecule is COc1ccc(-c2nc3ccc(N)cc3c(=O)[nH]2)cc1. The van der Waals surface area contributed by atoms with E-state index in [-0.39, 0.29) is 5.56 Å². The van der Waals surface area contributed by atoms with Gasteiger partial charge in [0.05, 0.1) is 18.0 Å². The number of benzene rings is 2. The van der Waals surface area contributed by atoms with Crippen LogP contribution in [0.4, 0.5) is 5.69 Å². The standard InChI is InChI=1S/C15H13N3O2/c1-20-11-5-2-9(3-6-11)14-17-13-7-4-10(16)8-12(13)15(19)18-14/h2-8H,16H2,1H3,(H,17,18,19). The number of ether oxygens (including phenoxy) is 1. The Hall–Kier alpha value is -2.82. The van der Waals surface area contributed by atoms with Crippen molar-refractivity contribution >= 4 is 16.6 Å². The van der Waals surface area contributed by atoms with Crippen LogP contribution < -0.4 is 16.0 Å². The van der Waals surface area contributed by atoms with Gasteiger partial charge in [0, 0.05) is 11.3 Å². The summed E-state index contributed by atoms with van der Waals surface area (Å²) >= 11 is 0. The van der Waals surface area contributed by atoms with Gasteiger partial charge in [-0.25, -0.2) is 4.98 Å². The number of fused-ring (bicyclic) bond motifs is 1. The molecule has 0 saturated heterocycles. The van der Waals surface area contributed by atoms with Gasteiger partial charge in [0.25, 0.3) is 5.56 Å². The lowest BCUT2D eigenvalue weighted by Gasteiger charge is -2.05. The van der Waals surface area contributed by atoms with Crippen LogP contribution in [0.1, 0.15) is 0 Å². The zero-order valence-electron chi connectivity index (χ0n) is 10.9. The fourth-order valence-corrected chi connectivity index (χ4v) is 2.04. The lowest BCUT2D eigenvalue weighted by atomic mass is 10.2. The highest BCUT2D eigenvalue weighted by Crippen LogP contribution is 2.20. The zero-order chi connectivity index (χ0) is 14.1. The van der Waals surface area contributed by atoms with Gasteiger partial charge in [0.15, 0.2) is 0 Å². The third-order valence-corrected chi connectivity index (χ3v) is 3.09. The Bertz CT molecular complexity index is 823. The van der Waals surface area contributed by atoms with E-state index in [1.54, 1.807) is 25.3 Å². The molecule has 3 N–H and O–H groups in total. The van der Waals surface area contributed by atoms with E-state index < -0.39 is 0 Å². The van der Waals surface area contributed by atoms with Crippen LogP contribution >= 0.6 is 0 Å². The predicted molar refractivity (Wildman–Crippen MR) is 78.8 cm³/mol. The topological polar surface area (TPSA) is 81.0 Å². The summed E-state index contributed by atoms with van der Waals surface area (Å²) < 4.78 is 5.11. The number of anilines is 1. The van der Waals surface area contributed by atoms with Crippen molar-refractivity contribution in [2.75, 3.05) is 12.8 Å². The van der Waals surface area contributed by atoms with Crippen LogP contribution in [0.3, 0.4) is 0 Å². The van der Waals surface area contributed by atoms with E-state index in [9.17, 15) is 4.79 Å². The number of nitrogens with one attached hydrogen (secondary N) is 1. The lowest BCUT2D eigenvalue weighted by Crippen LogP contribution is -2.09. The molecule has 1 heterocycles. The average Bonchev–Trinajstić information content (AvgIpc) is 2.48. The van der Waals surface area contributed by atoms with Gasteiger partial charge in [-0.2, -0.15) is 0 Å². The third-order valence-electron chi connectivity index (χ3n) is 3.09. The fraction of sp³-hybridized carbons (Fsp3) is 0.0667. The third kappa shape index (κ3) is 2.09. The van der Waals surface area contributed by atoms with Crippen LogP contribution in [0.25, 0.3) is 22.3 Å². The quantitative estimate of drug-likeness (QED) is 0.697. The van der Waals surface area contributed by atoms with Crippen molar-refractivity contribution in [3.63, 3.8) is 0 Å². The monoisotopic (exact) mass is 267 g/mol. The predicted octanol–water partition coefficient (Wildman–Crippen LogP) is 2.18. The molecule has 5 heteroatoms.